The number of rotatable bonds is 3. The van der Waals surface area contributed by atoms with E-state index in [1.54, 1.807) is 10.7 Å². The number of fused-ring (bicyclic) bond motifs is 2. The molecule has 0 unspecified atom stereocenters. The lowest BCUT2D eigenvalue weighted by molar-refractivity contribution is 0.0113. The lowest BCUT2D eigenvalue weighted by Gasteiger charge is -2.20. The molecule has 0 radical (unpaired) electrons. The van der Waals surface area contributed by atoms with Gasteiger partial charge in [-0.15, -0.1) is 5.10 Å². The molecule has 0 N–H and O–H groups in total. The first-order valence-electron chi connectivity index (χ1n) is 10.3. The number of carbonyl (C=O) groups is 1. The maximum Gasteiger partial charge on any atom is 0.267 e. The maximum atomic E-state index is 13.9. The zero-order valence-corrected chi connectivity index (χ0v) is 18.4. The van der Waals surface area contributed by atoms with E-state index >= 15 is 0 Å². The SMILES string of the molecule is Cc1c(Cc2ccc(-c3cn(C)nn3)cc2)cc2c(c1Cl)OC[C@H]1CC(F)(F)CN1C2=O. The summed E-state index contributed by atoms with van der Waals surface area (Å²) in [5.74, 6) is -3.07. The van der Waals surface area contributed by atoms with Gasteiger partial charge in [-0.2, -0.15) is 0 Å². The number of carbonyl (C=O) groups excluding carboxylic acids is 1. The van der Waals surface area contributed by atoms with Crippen LogP contribution in [0.2, 0.25) is 5.02 Å². The zero-order valence-electron chi connectivity index (χ0n) is 17.6. The Balaban J connectivity index is 1.45. The van der Waals surface area contributed by atoms with Gasteiger partial charge in [0.1, 0.15) is 12.3 Å². The van der Waals surface area contributed by atoms with Crippen LogP contribution in [0.5, 0.6) is 5.75 Å². The van der Waals surface area contributed by atoms with Crippen molar-refractivity contribution in [3.63, 3.8) is 0 Å². The highest BCUT2D eigenvalue weighted by molar-refractivity contribution is 6.33. The molecule has 5 rings (SSSR count). The largest absolute Gasteiger partial charge is 0.489 e. The number of ether oxygens (including phenoxy) is 1. The first-order valence-corrected chi connectivity index (χ1v) is 10.7. The van der Waals surface area contributed by atoms with Gasteiger partial charge in [0.2, 0.25) is 0 Å². The molecule has 32 heavy (non-hydrogen) atoms. The Morgan fingerprint density at radius 3 is 2.72 bits per heavy atom. The molecule has 9 heteroatoms. The minimum atomic E-state index is -2.90. The molecule has 6 nitrogen and oxygen atoms in total. The number of aryl methyl sites for hydroxylation is 1. The van der Waals surface area contributed by atoms with Gasteiger partial charge in [0.15, 0.2) is 5.75 Å². The van der Waals surface area contributed by atoms with E-state index in [-0.39, 0.29) is 17.9 Å². The Hall–Kier alpha value is -3.00. The lowest BCUT2D eigenvalue weighted by Crippen LogP contribution is -2.37. The van der Waals surface area contributed by atoms with Gasteiger partial charge >= 0.3 is 0 Å². The van der Waals surface area contributed by atoms with Crippen molar-refractivity contribution in [1.82, 2.24) is 19.9 Å². The summed E-state index contributed by atoms with van der Waals surface area (Å²) in [5, 5.41) is 8.42. The smallest absolute Gasteiger partial charge is 0.267 e. The molecule has 0 aliphatic carbocycles. The van der Waals surface area contributed by atoms with Crippen LogP contribution in [0, 0.1) is 6.92 Å². The van der Waals surface area contributed by atoms with Crippen LogP contribution in [0.25, 0.3) is 11.3 Å². The summed E-state index contributed by atoms with van der Waals surface area (Å²) >= 11 is 6.58. The molecule has 2 aromatic carbocycles. The third-order valence-corrected chi connectivity index (χ3v) is 6.56. The van der Waals surface area contributed by atoms with Gasteiger partial charge < -0.3 is 9.64 Å². The summed E-state index contributed by atoms with van der Waals surface area (Å²) in [6, 6.07) is 8.97. The third-order valence-electron chi connectivity index (χ3n) is 6.11. The van der Waals surface area contributed by atoms with Crippen molar-refractivity contribution in [2.75, 3.05) is 13.2 Å². The van der Waals surface area contributed by atoms with Crippen LogP contribution >= 0.6 is 11.6 Å². The van der Waals surface area contributed by atoms with Crippen LogP contribution in [-0.4, -0.2) is 50.9 Å². The predicted molar refractivity (Wildman–Crippen MR) is 115 cm³/mol. The highest BCUT2D eigenvalue weighted by atomic mass is 35.5. The molecule has 1 fully saturated rings. The molecule has 0 saturated carbocycles. The zero-order chi connectivity index (χ0) is 22.6. The molecule has 1 amide bonds. The molecule has 1 atom stereocenters. The molecule has 3 heterocycles. The topological polar surface area (TPSA) is 60.2 Å². The summed E-state index contributed by atoms with van der Waals surface area (Å²) in [4.78, 5) is 14.3. The highest BCUT2D eigenvalue weighted by Crippen LogP contribution is 2.41. The highest BCUT2D eigenvalue weighted by Gasteiger charge is 2.49. The number of nitrogens with zero attached hydrogens (tertiary/aromatic N) is 4. The number of alkyl halides is 2. The van der Waals surface area contributed by atoms with Crippen molar-refractivity contribution in [2.24, 2.45) is 7.05 Å². The third kappa shape index (κ3) is 3.62. The Morgan fingerprint density at radius 2 is 2.03 bits per heavy atom. The number of halogens is 3. The molecule has 166 valence electrons. The fourth-order valence-electron chi connectivity index (χ4n) is 4.37. The first-order chi connectivity index (χ1) is 15.2. The second-order valence-electron chi connectivity index (χ2n) is 8.46. The summed E-state index contributed by atoms with van der Waals surface area (Å²) in [6.45, 7) is 1.29. The van der Waals surface area contributed by atoms with E-state index in [0.29, 0.717) is 11.4 Å². The monoisotopic (exact) mass is 458 g/mol. The molecule has 0 bridgehead atoms. The molecule has 2 aliphatic rings. The number of hydrogen-bond donors (Lipinski definition) is 0. The molecule has 2 aliphatic heterocycles. The Bertz CT molecular complexity index is 1210. The van der Waals surface area contributed by atoms with Crippen molar-refractivity contribution in [3.8, 4) is 17.0 Å². The number of aromatic nitrogens is 3. The van der Waals surface area contributed by atoms with Crippen molar-refractivity contribution in [1.29, 1.82) is 0 Å². The minimum absolute atomic E-state index is 0.0106. The normalized spacial score (nSPS) is 19.3. The van der Waals surface area contributed by atoms with Crippen LogP contribution < -0.4 is 4.74 Å². The molecule has 1 aromatic heterocycles. The minimum Gasteiger partial charge on any atom is -0.489 e. The number of amides is 1. The average Bonchev–Trinajstić information content (AvgIpc) is 3.29. The molecule has 1 saturated heterocycles. The van der Waals surface area contributed by atoms with Crippen molar-refractivity contribution < 1.29 is 18.3 Å². The van der Waals surface area contributed by atoms with Crippen LogP contribution in [-0.2, 0) is 13.5 Å². The summed E-state index contributed by atoms with van der Waals surface area (Å²) in [5.41, 5.74) is 4.65. The second-order valence-corrected chi connectivity index (χ2v) is 8.84. The predicted octanol–water partition coefficient (Wildman–Crippen LogP) is 4.28. The Labute approximate surface area is 188 Å². The van der Waals surface area contributed by atoms with E-state index in [0.717, 1.165) is 27.9 Å². The molecule has 3 aromatic rings. The fourth-order valence-corrected chi connectivity index (χ4v) is 4.65. The standard InChI is InChI=1S/C23H21ClF2N4O2/c1-13-16(7-14-3-5-15(6-4-14)19-10-29(2)28-27-19)8-18-21(20(13)24)32-11-17-9-23(25,26)12-30(17)22(18)31/h3-6,8,10,17H,7,9,11-12H2,1-2H3/t17-/m1/s1. The van der Waals surface area contributed by atoms with E-state index in [2.05, 4.69) is 10.3 Å². The van der Waals surface area contributed by atoms with Gasteiger partial charge in [0, 0.05) is 19.0 Å². The maximum absolute atomic E-state index is 13.9. The van der Waals surface area contributed by atoms with Crippen molar-refractivity contribution in [2.45, 2.75) is 31.7 Å². The van der Waals surface area contributed by atoms with E-state index < -0.39 is 30.8 Å². The van der Waals surface area contributed by atoms with Gasteiger partial charge in [0.25, 0.3) is 11.8 Å². The number of hydrogen-bond acceptors (Lipinski definition) is 4. The van der Waals surface area contributed by atoms with E-state index in [1.807, 2.05) is 44.4 Å². The van der Waals surface area contributed by atoms with Gasteiger partial charge in [-0.3, -0.25) is 9.48 Å². The Morgan fingerprint density at radius 1 is 1.28 bits per heavy atom. The van der Waals surface area contributed by atoms with Gasteiger partial charge in [-0.25, -0.2) is 8.78 Å². The van der Waals surface area contributed by atoms with Crippen LogP contribution in [0.1, 0.15) is 33.5 Å². The van der Waals surface area contributed by atoms with E-state index in [9.17, 15) is 13.6 Å². The average molecular weight is 459 g/mol. The number of benzene rings is 2. The molecular formula is C23H21ClF2N4O2. The van der Waals surface area contributed by atoms with Gasteiger partial charge in [-0.1, -0.05) is 41.1 Å². The lowest BCUT2D eigenvalue weighted by atomic mass is 9.96. The van der Waals surface area contributed by atoms with Gasteiger partial charge in [0.05, 0.1) is 29.4 Å². The second kappa shape index (κ2) is 7.55. The van der Waals surface area contributed by atoms with Crippen LogP contribution in [0.15, 0.2) is 36.5 Å². The molecule has 0 spiro atoms. The van der Waals surface area contributed by atoms with Crippen molar-refractivity contribution >= 4 is 17.5 Å². The Kier molecular flexibility index (Phi) is 4.93. The van der Waals surface area contributed by atoms with Crippen molar-refractivity contribution in [3.05, 3.63) is 63.8 Å². The first kappa shape index (κ1) is 20.9. The summed E-state index contributed by atoms with van der Waals surface area (Å²) < 4.78 is 35.2. The van der Waals surface area contributed by atoms with E-state index in [1.165, 1.54) is 4.90 Å². The van der Waals surface area contributed by atoms with E-state index in [4.69, 9.17) is 16.3 Å². The quantitative estimate of drug-likeness (QED) is 0.588. The fraction of sp³-hybridized carbons (Fsp3) is 0.348. The summed E-state index contributed by atoms with van der Waals surface area (Å²) in [6.07, 6.45) is 1.98. The van der Waals surface area contributed by atoms with Gasteiger partial charge in [-0.05, 0) is 36.1 Å². The summed E-state index contributed by atoms with van der Waals surface area (Å²) in [7, 11) is 1.81. The van der Waals surface area contributed by atoms with Crippen LogP contribution in [0.3, 0.4) is 0 Å². The van der Waals surface area contributed by atoms with Crippen LogP contribution in [0.4, 0.5) is 8.78 Å². The molecular weight excluding hydrogens is 438 g/mol.